The van der Waals surface area contributed by atoms with E-state index in [1.165, 1.54) is 0 Å². The zero-order chi connectivity index (χ0) is 12.3. The molecule has 1 atom stereocenters. The summed E-state index contributed by atoms with van der Waals surface area (Å²) in [6.07, 6.45) is 2.47. The molecule has 4 nitrogen and oxygen atoms in total. The van der Waals surface area contributed by atoms with Crippen molar-refractivity contribution < 1.29 is 9.53 Å². The zero-order valence-corrected chi connectivity index (χ0v) is 10.2. The third kappa shape index (κ3) is 3.11. The zero-order valence-electron chi connectivity index (χ0n) is 9.41. The van der Waals surface area contributed by atoms with Gasteiger partial charge in [0.1, 0.15) is 0 Å². The fourth-order valence-corrected chi connectivity index (χ4v) is 2.14. The predicted molar refractivity (Wildman–Crippen MR) is 67.4 cm³/mol. The number of hydrogen-bond donors (Lipinski definition) is 2. The van der Waals surface area contributed by atoms with Crippen LogP contribution in [0.25, 0.3) is 0 Å². The Labute approximate surface area is 105 Å². The Morgan fingerprint density at radius 2 is 2.41 bits per heavy atom. The van der Waals surface area contributed by atoms with Crippen molar-refractivity contribution in [2.45, 2.75) is 18.9 Å². The molecule has 0 bridgehead atoms. The molecule has 92 valence electrons. The summed E-state index contributed by atoms with van der Waals surface area (Å²) >= 11 is 5.95. The summed E-state index contributed by atoms with van der Waals surface area (Å²) in [6.45, 7) is 1.60. The van der Waals surface area contributed by atoms with Crippen LogP contribution in [0.5, 0.6) is 0 Å². The smallest absolute Gasteiger partial charge is 0.250 e. The molecule has 1 unspecified atom stereocenters. The molecule has 5 heteroatoms. The summed E-state index contributed by atoms with van der Waals surface area (Å²) in [4.78, 5) is 11.0. The second-order valence-electron chi connectivity index (χ2n) is 4.07. The summed E-state index contributed by atoms with van der Waals surface area (Å²) < 4.78 is 5.50. The van der Waals surface area contributed by atoms with Gasteiger partial charge >= 0.3 is 0 Å². The maximum atomic E-state index is 11.0. The number of rotatable bonds is 4. The largest absolute Gasteiger partial charge is 0.382 e. The normalized spacial score (nSPS) is 19.2. The quantitative estimate of drug-likeness (QED) is 0.864. The van der Waals surface area contributed by atoms with Crippen molar-refractivity contribution in [2.24, 2.45) is 5.73 Å². The van der Waals surface area contributed by atoms with E-state index >= 15 is 0 Å². The van der Waals surface area contributed by atoms with E-state index in [-0.39, 0.29) is 6.10 Å². The van der Waals surface area contributed by atoms with E-state index in [1.54, 1.807) is 18.2 Å². The molecule has 0 spiro atoms. The number of halogens is 1. The standard InChI is InChI=1S/C12H15ClN2O2/c13-11-6-8(3-4-10(11)12(14)16)15-7-9-2-1-5-17-9/h3-4,6,9,15H,1-2,5,7H2,(H2,14,16). The number of hydrogen-bond acceptors (Lipinski definition) is 3. The summed E-state index contributed by atoms with van der Waals surface area (Å²) in [5.41, 5.74) is 6.39. The minimum atomic E-state index is -0.513. The van der Waals surface area contributed by atoms with Gasteiger partial charge in [-0.2, -0.15) is 0 Å². The summed E-state index contributed by atoms with van der Waals surface area (Å²) in [5.74, 6) is -0.513. The highest BCUT2D eigenvalue weighted by atomic mass is 35.5. The fraction of sp³-hybridized carbons (Fsp3) is 0.417. The molecular formula is C12H15ClN2O2. The summed E-state index contributed by atoms with van der Waals surface area (Å²) in [5, 5.41) is 3.60. The van der Waals surface area contributed by atoms with Crippen LogP contribution in [0.1, 0.15) is 23.2 Å². The molecule has 1 aliphatic heterocycles. The number of amides is 1. The van der Waals surface area contributed by atoms with Crippen molar-refractivity contribution in [3.05, 3.63) is 28.8 Å². The first-order valence-corrected chi connectivity index (χ1v) is 5.99. The highest BCUT2D eigenvalue weighted by molar-refractivity contribution is 6.34. The van der Waals surface area contributed by atoms with Gasteiger partial charge in [-0.1, -0.05) is 11.6 Å². The highest BCUT2D eigenvalue weighted by Gasteiger charge is 2.15. The summed E-state index contributed by atoms with van der Waals surface area (Å²) in [7, 11) is 0. The van der Waals surface area contributed by atoms with Crippen molar-refractivity contribution in [3.63, 3.8) is 0 Å². The van der Waals surface area contributed by atoms with Crippen molar-refractivity contribution >= 4 is 23.2 Å². The molecule has 1 amide bonds. The van der Waals surface area contributed by atoms with Crippen LogP contribution < -0.4 is 11.1 Å². The molecule has 3 N–H and O–H groups in total. The van der Waals surface area contributed by atoms with E-state index < -0.39 is 5.91 Å². The van der Waals surface area contributed by atoms with E-state index in [0.717, 1.165) is 31.7 Å². The second-order valence-corrected chi connectivity index (χ2v) is 4.48. The molecule has 1 aromatic rings. The lowest BCUT2D eigenvalue weighted by Crippen LogP contribution is -2.18. The average molecular weight is 255 g/mol. The van der Waals surface area contributed by atoms with Crippen LogP contribution in [0.15, 0.2) is 18.2 Å². The number of anilines is 1. The highest BCUT2D eigenvalue weighted by Crippen LogP contribution is 2.21. The first kappa shape index (κ1) is 12.2. The van der Waals surface area contributed by atoms with Gasteiger partial charge in [0.2, 0.25) is 5.91 Å². The molecule has 0 aromatic heterocycles. The van der Waals surface area contributed by atoms with Crippen LogP contribution in [-0.4, -0.2) is 25.2 Å². The number of primary amides is 1. The number of nitrogens with one attached hydrogen (secondary N) is 1. The first-order chi connectivity index (χ1) is 8.16. The number of ether oxygens (including phenoxy) is 1. The van der Waals surface area contributed by atoms with Crippen LogP contribution >= 0.6 is 11.6 Å². The van der Waals surface area contributed by atoms with Gasteiger partial charge in [0.05, 0.1) is 16.7 Å². The second kappa shape index (κ2) is 5.38. The molecule has 1 fully saturated rings. The topological polar surface area (TPSA) is 64.4 Å². The van der Waals surface area contributed by atoms with Crippen molar-refractivity contribution in [1.82, 2.24) is 0 Å². The Morgan fingerprint density at radius 1 is 1.59 bits per heavy atom. The van der Waals surface area contributed by atoms with Crippen LogP contribution in [0.4, 0.5) is 5.69 Å². The van der Waals surface area contributed by atoms with Gasteiger partial charge in [0, 0.05) is 18.8 Å². The van der Waals surface area contributed by atoms with E-state index in [1.807, 2.05) is 0 Å². The monoisotopic (exact) mass is 254 g/mol. The average Bonchev–Trinajstić information content (AvgIpc) is 2.78. The van der Waals surface area contributed by atoms with Crippen LogP contribution in [0, 0.1) is 0 Å². The number of carbonyl (C=O) groups is 1. The Hall–Kier alpha value is -1.26. The van der Waals surface area contributed by atoms with Crippen LogP contribution in [-0.2, 0) is 4.74 Å². The molecule has 1 aliphatic rings. The van der Waals surface area contributed by atoms with Gasteiger partial charge in [0.25, 0.3) is 0 Å². The fourth-order valence-electron chi connectivity index (χ4n) is 1.86. The van der Waals surface area contributed by atoms with Crippen molar-refractivity contribution in [1.29, 1.82) is 0 Å². The number of carbonyl (C=O) groups excluding carboxylic acids is 1. The molecule has 0 saturated carbocycles. The van der Waals surface area contributed by atoms with E-state index in [9.17, 15) is 4.79 Å². The Bertz CT molecular complexity index is 417. The Kier molecular flexibility index (Phi) is 3.86. The lowest BCUT2D eigenvalue weighted by atomic mass is 10.2. The third-order valence-corrected chi connectivity index (χ3v) is 3.11. The molecular weight excluding hydrogens is 240 g/mol. The first-order valence-electron chi connectivity index (χ1n) is 5.61. The van der Waals surface area contributed by atoms with E-state index in [2.05, 4.69) is 5.32 Å². The molecule has 2 rings (SSSR count). The number of nitrogens with two attached hydrogens (primary N) is 1. The molecule has 0 radical (unpaired) electrons. The SMILES string of the molecule is NC(=O)c1ccc(NCC2CCCO2)cc1Cl. The van der Waals surface area contributed by atoms with E-state index in [0.29, 0.717) is 10.6 Å². The molecule has 1 heterocycles. The van der Waals surface area contributed by atoms with Gasteiger partial charge in [0.15, 0.2) is 0 Å². The molecule has 1 aromatic carbocycles. The van der Waals surface area contributed by atoms with E-state index in [4.69, 9.17) is 22.1 Å². The van der Waals surface area contributed by atoms with Gasteiger partial charge in [-0.05, 0) is 31.0 Å². The minimum absolute atomic E-state index is 0.268. The molecule has 0 aliphatic carbocycles. The Balaban J connectivity index is 1.97. The molecule has 1 saturated heterocycles. The summed E-state index contributed by atoms with van der Waals surface area (Å²) in [6, 6.07) is 5.13. The van der Waals surface area contributed by atoms with Gasteiger partial charge in [-0.25, -0.2) is 0 Å². The van der Waals surface area contributed by atoms with Crippen LogP contribution in [0.3, 0.4) is 0 Å². The van der Waals surface area contributed by atoms with Gasteiger partial charge in [-0.15, -0.1) is 0 Å². The minimum Gasteiger partial charge on any atom is -0.382 e. The van der Waals surface area contributed by atoms with Gasteiger partial charge < -0.3 is 15.8 Å². The Morgan fingerprint density at radius 3 is 3.00 bits per heavy atom. The van der Waals surface area contributed by atoms with Crippen LogP contribution in [0.2, 0.25) is 5.02 Å². The predicted octanol–water partition coefficient (Wildman–Crippen LogP) is 2.03. The lowest BCUT2D eigenvalue weighted by molar-refractivity contribution is 0.100. The van der Waals surface area contributed by atoms with Crippen molar-refractivity contribution in [3.8, 4) is 0 Å². The third-order valence-electron chi connectivity index (χ3n) is 2.79. The maximum absolute atomic E-state index is 11.0. The van der Waals surface area contributed by atoms with Crippen molar-refractivity contribution in [2.75, 3.05) is 18.5 Å². The maximum Gasteiger partial charge on any atom is 0.250 e. The van der Waals surface area contributed by atoms with Gasteiger partial charge in [-0.3, -0.25) is 4.79 Å². The molecule has 17 heavy (non-hydrogen) atoms. The number of benzene rings is 1. The lowest BCUT2D eigenvalue weighted by Gasteiger charge is -2.12.